The second kappa shape index (κ2) is 13.8. The first-order chi connectivity index (χ1) is 14.0. The molecule has 0 saturated carbocycles. The van der Waals surface area contributed by atoms with Crippen molar-refractivity contribution in [2.75, 3.05) is 13.1 Å². The lowest BCUT2D eigenvalue weighted by molar-refractivity contribution is -0.143. The monoisotopic (exact) mass is 433 g/mol. The summed E-state index contributed by atoms with van der Waals surface area (Å²) in [5, 5.41) is 32.5. The summed E-state index contributed by atoms with van der Waals surface area (Å²) < 4.78 is 0. The summed E-state index contributed by atoms with van der Waals surface area (Å²) in [5.74, 6) is -7.38. The van der Waals surface area contributed by atoms with Gasteiger partial charge in [0, 0.05) is 0 Å². The van der Waals surface area contributed by atoms with E-state index in [-0.39, 0.29) is 6.42 Å². The minimum absolute atomic E-state index is 0.240. The maximum absolute atomic E-state index is 12.4. The van der Waals surface area contributed by atoms with Crippen molar-refractivity contribution in [3.8, 4) is 0 Å². The van der Waals surface area contributed by atoms with Crippen LogP contribution in [0, 0.1) is 0 Å². The third-order valence-corrected chi connectivity index (χ3v) is 3.74. The quantitative estimate of drug-likeness (QED) is 0.118. The Morgan fingerprint density at radius 1 is 0.733 bits per heavy atom. The molecule has 0 fully saturated rings. The molecule has 0 heterocycles. The first-order valence-corrected chi connectivity index (χ1v) is 8.97. The van der Waals surface area contributed by atoms with E-state index in [0.717, 1.165) is 0 Å². The summed E-state index contributed by atoms with van der Waals surface area (Å²) in [6.45, 7) is -0.426. The molecule has 0 rings (SSSR count). The van der Waals surface area contributed by atoms with Crippen LogP contribution in [0.2, 0.25) is 0 Å². The summed E-state index contributed by atoms with van der Waals surface area (Å²) in [5.41, 5.74) is 11.0. The molecule has 170 valence electrons. The van der Waals surface area contributed by atoms with Crippen LogP contribution in [-0.4, -0.2) is 82.2 Å². The van der Waals surface area contributed by atoms with Crippen LogP contribution in [0.4, 0.5) is 0 Å². The highest BCUT2D eigenvalue weighted by molar-refractivity contribution is 5.96. The van der Waals surface area contributed by atoms with Gasteiger partial charge in [-0.25, -0.2) is 0 Å². The summed E-state index contributed by atoms with van der Waals surface area (Å²) in [6, 6.07) is -4.37. The number of unbranched alkanes of at least 4 members (excludes halogenated alkanes) is 1. The van der Waals surface area contributed by atoms with Crippen LogP contribution in [0.3, 0.4) is 0 Å². The van der Waals surface area contributed by atoms with Crippen LogP contribution < -0.4 is 27.4 Å². The van der Waals surface area contributed by atoms with Gasteiger partial charge in [0.25, 0.3) is 0 Å². The average Bonchev–Trinajstić information content (AvgIpc) is 2.64. The maximum atomic E-state index is 12.4. The normalized spacial score (nSPS) is 13.4. The van der Waals surface area contributed by atoms with Crippen molar-refractivity contribution in [1.82, 2.24) is 16.0 Å². The number of carbonyl (C=O) groups is 6. The van der Waals surface area contributed by atoms with Gasteiger partial charge < -0.3 is 42.7 Å². The molecular weight excluding hydrogens is 406 g/mol. The molecule has 0 aromatic rings. The zero-order valence-corrected chi connectivity index (χ0v) is 16.1. The lowest BCUT2D eigenvalue weighted by atomic mass is 10.1. The van der Waals surface area contributed by atoms with Crippen LogP contribution in [0.25, 0.3) is 0 Å². The number of carbonyl (C=O) groups excluding carboxylic acids is 3. The van der Waals surface area contributed by atoms with E-state index in [4.69, 9.17) is 26.8 Å². The van der Waals surface area contributed by atoms with Gasteiger partial charge in [-0.3, -0.25) is 28.8 Å². The number of aliphatic carboxylic acids is 3. The molecule has 3 unspecified atom stereocenters. The topological polar surface area (TPSA) is 251 Å². The van der Waals surface area contributed by atoms with Crippen molar-refractivity contribution in [3.63, 3.8) is 0 Å². The van der Waals surface area contributed by atoms with Crippen molar-refractivity contribution in [2.45, 2.75) is 50.2 Å². The molecule has 14 heteroatoms. The third-order valence-electron chi connectivity index (χ3n) is 3.74. The maximum Gasteiger partial charge on any atom is 0.322 e. The molecule has 0 aromatic carbocycles. The summed E-state index contributed by atoms with van der Waals surface area (Å²) in [6.07, 6.45) is -0.371. The number of amides is 3. The zero-order valence-electron chi connectivity index (χ0n) is 16.1. The first-order valence-electron chi connectivity index (χ1n) is 8.97. The van der Waals surface area contributed by atoms with Gasteiger partial charge in [-0.15, -0.1) is 0 Å². The molecule has 0 saturated heterocycles. The number of rotatable bonds is 15. The van der Waals surface area contributed by atoms with E-state index in [1.807, 2.05) is 10.6 Å². The van der Waals surface area contributed by atoms with E-state index in [1.165, 1.54) is 0 Å². The lowest BCUT2D eigenvalue weighted by Crippen LogP contribution is -2.56. The molecule has 0 aromatic heterocycles. The van der Waals surface area contributed by atoms with Crippen molar-refractivity contribution in [3.05, 3.63) is 0 Å². The standard InChI is InChI=1S/C16H27N5O9/c17-4-2-1-3-8(18)14(28)20-10(6-12(24)25)16(30)21-9(5-11(22)23)15(29)19-7-13(26)27/h8-10H,1-7,17-18H2,(H,19,29)(H,20,28)(H,21,30)(H,22,23)(H,24,25)(H,26,27). The highest BCUT2D eigenvalue weighted by atomic mass is 16.4. The fourth-order valence-electron chi connectivity index (χ4n) is 2.24. The Labute approximate surface area is 171 Å². The minimum Gasteiger partial charge on any atom is -0.481 e. The minimum atomic E-state index is -1.69. The highest BCUT2D eigenvalue weighted by Gasteiger charge is 2.30. The van der Waals surface area contributed by atoms with Crippen molar-refractivity contribution < 1.29 is 44.1 Å². The number of hydrogen-bond donors (Lipinski definition) is 8. The van der Waals surface area contributed by atoms with Gasteiger partial charge in [-0.2, -0.15) is 0 Å². The fourth-order valence-corrected chi connectivity index (χ4v) is 2.24. The summed E-state index contributed by atoms with van der Waals surface area (Å²) >= 11 is 0. The predicted molar refractivity (Wildman–Crippen MR) is 99.9 cm³/mol. The summed E-state index contributed by atoms with van der Waals surface area (Å²) in [4.78, 5) is 69.0. The molecule has 3 amide bonds. The van der Waals surface area contributed by atoms with Crippen LogP contribution >= 0.6 is 0 Å². The highest BCUT2D eigenvalue weighted by Crippen LogP contribution is 2.02. The van der Waals surface area contributed by atoms with Crippen LogP contribution in [-0.2, 0) is 28.8 Å². The van der Waals surface area contributed by atoms with E-state index in [2.05, 4.69) is 5.32 Å². The number of carboxylic acids is 3. The Kier molecular flexibility index (Phi) is 12.3. The van der Waals surface area contributed by atoms with Gasteiger partial charge >= 0.3 is 17.9 Å². The molecule has 0 aliphatic rings. The molecule has 30 heavy (non-hydrogen) atoms. The van der Waals surface area contributed by atoms with Crippen LogP contribution in [0.1, 0.15) is 32.1 Å². The number of hydrogen-bond acceptors (Lipinski definition) is 8. The molecule has 0 spiro atoms. The van der Waals surface area contributed by atoms with Crippen molar-refractivity contribution in [1.29, 1.82) is 0 Å². The van der Waals surface area contributed by atoms with Crippen molar-refractivity contribution in [2.24, 2.45) is 11.5 Å². The third kappa shape index (κ3) is 11.6. The Morgan fingerprint density at radius 3 is 1.70 bits per heavy atom. The lowest BCUT2D eigenvalue weighted by Gasteiger charge is -2.22. The molecule has 14 nitrogen and oxygen atoms in total. The molecule has 10 N–H and O–H groups in total. The summed E-state index contributed by atoms with van der Waals surface area (Å²) in [7, 11) is 0. The Hall–Kier alpha value is -3.26. The second-order valence-electron chi connectivity index (χ2n) is 6.32. The SMILES string of the molecule is NCCCCC(N)C(=O)NC(CC(=O)O)C(=O)NC(CC(=O)O)C(=O)NCC(=O)O. The predicted octanol–water partition coefficient (Wildman–Crippen LogP) is -3.44. The Balaban J connectivity index is 5.19. The smallest absolute Gasteiger partial charge is 0.322 e. The van der Waals surface area contributed by atoms with Crippen molar-refractivity contribution >= 4 is 35.6 Å². The van der Waals surface area contributed by atoms with Gasteiger partial charge in [0.15, 0.2) is 0 Å². The molecule has 0 aliphatic carbocycles. The number of nitrogens with two attached hydrogens (primary N) is 2. The fraction of sp³-hybridized carbons (Fsp3) is 0.625. The van der Waals surface area contributed by atoms with E-state index >= 15 is 0 Å². The van der Waals surface area contributed by atoms with E-state index in [0.29, 0.717) is 19.4 Å². The zero-order chi connectivity index (χ0) is 23.3. The van der Waals surface area contributed by atoms with Gasteiger partial charge in [0.2, 0.25) is 17.7 Å². The number of carboxylic acid groups (broad SMARTS) is 3. The average molecular weight is 433 g/mol. The number of nitrogens with one attached hydrogen (secondary N) is 3. The Morgan fingerprint density at radius 2 is 1.23 bits per heavy atom. The van der Waals surface area contributed by atoms with E-state index < -0.39 is 73.1 Å². The molecule has 3 atom stereocenters. The first kappa shape index (κ1) is 26.7. The van der Waals surface area contributed by atoms with Crippen LogP contribution in [0.15, 0.2) is 0 Å². The van der Waals surface area contributed by atoms with Gasteiger partial charge in [-0.1, -0.05) is 6.42 Å². The molecule has 0 radical (unpaired) electrons. The van der Waals surface area contributed by atoms with Gasteiger partial charge in [0.1, 0.15) is 18.6 Å². The molecule has 0 bridgehead atoms. The van der Waals surface area contributed by atoms with E-state index in [9.17, 15) is 28.8 Å². The Bertz CT molecular complexity index is 655. The molecule has 0 aliphatic heterocycles. The van der Waals surface area contributed by atoms with E-state index in [1.54, 1.807) is 0 Å². The largest absolute Gasteiger partial charge is 0.481 e. The van der Waals surface area contributed by atoms with Crippen LogP contribution in [0.5, 0.6) is 0 Å². The second-order valence-corrected chi connectivity index (χ2v) is 6.32. The van der Waals surface area contributed by atoms with Gasteiger partial charge in [-0.05, 0) is 19.4 Å². The molecular formula is C16H27N5O9. The van der Waals surface area contributed by atoms with Gasteiger partial charge in [0.05, 0.1) is 18.9 Å².